The molecular weight excluding hydrogens is 438 g/mol. The van der Waals surface area contributed by atoms with E-state index >= 15 is 0 Å². The summed E-state index contributed by atoms with van der Waals surface area (Å²) in [7, 11) is 0. The number of ether oxygens (including phenoxy) is 1. The zero-order chi connectivity index (χ0) is 24.0. The van der Waals surface area contributed by atoms with Gasteiger partial charge in [-0.2, -0.15) is 0 Å². The molecule has 0 saturated heterocycles. The van der Waals surface area contributed by atoms with Gasteiger partial charge in [-0.15, -0.1) is 0 Å². The second kappa shape index (κ2) is 10.4. The fourth-order valence-corrected chi connectivity index (χ4v) is 4.87. The van der Waals surface area contributed by atoms with Crippen molar-refractivity contribution in [2.75, 3.05) is 6.61 Å². The third-order valence-electron chi connectivity index (χ3n) is 6.46. The molecule has 1 N–H and O–H groups in total. The number of carbonyl (C=O) groups is 1. The minimum atomic E-state index is -0.971. The molecule has 5 heteroatoms. The molecule has 5 rings (SSSR count). The number of carboxylic acid groups (broad SMARTS) is 1. The van der Waals surface area contributed by atoms with Crippen LogP contribution in [0, 0.1) is 0 Å². The Morgan fingerprint density at radius 3 is 2.43 bits per heavy atom. The maximum atomic E-state index is 10.9. The zero-order valence-electron chi connectivity index (χ0n) is 19.3. The maximum Gasteiger partial charge on any atom is 0.341 e. The average molecular weight is 466 g/mol. The van der Waals surface area contributed by atoms with Gasteiger partial charge in [0, 0.05) is 12.0 Å². The van der Waals surface area contributed by atoms with Crippen molar-refractivity contribution in [1.82, 2.24) is 5.16 Å². The van der Waals surface area contributed by atoms with Crippen molar-refractivity contribution in [2.45, 2.75) is 31.1 Å². The lowest BCUT2D eigenvalue weighted by molar-refractivity contribution is -0.139. The summed E-state index contributed by atoms with van der Waals surface area (Å²) in [6.07, 6.45) is 7.11. The van der Waals surface area contributed by atoms with E-state index in [2.05, 4.69) is 41.6 Å². The van der Waals surface area contributed by atoms with Gasteiger partial charge in [-0.05, 0) is 53.7 Å². The molecule has 5 nitrogen and oxygen atoms in total. The third kappa shape index (κ3) is 5.19. The number of nitrogens with zero attached hydrogens (tertiary/aromatic N) is 1. The van der Waals surface area contributed by atoms with Crippen LogP contribution in [0.1, 0.15) is 58.4 Å². The Kier molecular flexibility index (Phi) is 6.75. The van der Waals surface area contributed by atoms with E-state index < -0.39 is 5.97 Å². The van der Waals surface area contributed by atoms with Crippen molar-refractivity contribution in [1.29, 1.82) is 0 Å². The van der Waals surface area contributed by atoms with Gasteiger partial charge in [0.05, 0.1) is 5.92 Å². The normalized spacial score (nSPS) is 15.3. The van der Waals surface area contributed by atoms with Crippen LogP contribution in [0.25, 0.3) is 6.08 Å². The second-order valence-electron chi connectivity index (χ2n) is 8.77. The highest BCUT2D eigenvalue weighted by atomic mass is 16.5. The lowest BCUT2D eigenvalue weighted by Crippen LogP contribution is -2.14. The summed E-state index contributed by atoms with van der Waals surface area (Å²) in [5, 5.41) is 13.3. The number of benzene rings is 3. The number of aliphatic carboxylic acids is 1. The van der Waals surface area contributed by atoms with E-state index in [4.69, 9.17) is 14.4 Å². The first-order valence-corrected chi connectivity index (χ1v) is 11.9. The highest BCUT2D eigenvalue weighted by Crippen LogP contribution is 2.38. The summed E-state index contributed by atoms with van der Waals surface area (Å²) in [6, 6.07) is 28.5. The SMILES string of the molecule is O=C(O)COc1cccc2c1CCCC2C=Cc1cc(C(c2ccccc2)c2ccccc2)on1. The standard InChI is InChI=1S/C30H27NO4/c32-29(33)20-34-27-16-8-14-25-21(13-7-15-26(25)27)17-18-24-19-28(35-31-24)30(22-9-3-1-4-10-22)23-11-5-2-6-12-23/h1-6,8-12,14,16-19,21,30H,7,13,15,20H2,(H,32,33). The monoisotopic (exact) mass is 465 g/mol. The van der Waals surface area contributed by atoms with Gasteiger partial charge in [0.25, 0.3) is 0 Å². The summed E-state index contributed by atoms with van der Waals surface area (Å²) >= 11 is 0. The molecule has 1 aliphatic carbocycles. The minimum absolute atomic E-state index is 0.0311. The van der Waals surface area contributed by atoms with Gasteiger partial charge in [0.2, 0.25) is 0 Å². The predicted molar refractivity (Wildman–Crippen MR) is 135 cm³/mol. The van der Waals surface area contributed by atoms with Crippen molar-refractivity contribution in [2.24, 2.45) is 0 Å². The molecule has 4 aromatic rings. The smallest absolute Gasteiger partial charge is 0.341 e. The summed E-state index contributed by atoms with van der Waals surface area (Å²) in [5.74, 6) is 0.680. The molecule has 0 saturated carbocycles. The molecule has 0 bridgehead atoms. The van der Waals surface area contributed by atoms with E-state index in [1.54, 1.807) is 0 Å². The summed E-state index contributed by atoms with van der Waals surface area (Å²) < 4.78 is 11.4. The van der Waals surface area contributed by atoms with E-state index in [0.29, 0.717) is 5.75 Å². The molecule has 1 heterocycles. The molecule has 0 fully saturated rings. The van der Waals surface area contributed by atoms with E-state index in [1.165, 1.54) is 5.56 Å². The van der Waals surface area contributed by atoms with Crippen LogP contribution in [0.15, 0.2) is 95.5 Å². The first-order chi connectivity index (χ1) is 17.2. The Labute approximate surface area is 204 Å². The predicted octanol–water partition coefficient (Wildman–Crippen LogP) is 6.45. The van der Waals surface area contributed by atoms with Crippen LogP contribution in [-0.4, -0.2) is 22.8 Å². The Balaban J connectivity index is 1.39. The van der Waals surface area contributed by atoms with E-state index in [0.717, 1.165) is 47.4 Å². The number of hydrogen-bond acceptors (Lipinski definition) is 4. The quantitative estimate of drug-likeness (QED) is 0.324. The van der Waals surface area contributed by atoms with Gasteiger partial charge >= 0.3 is 5.97 Å². The van der Waals surface area contributed by atoms with Crippen molar-refractivity contribution >= 4 is 12.0 Å². The van der Waals surface area contributed by atoms with Crippen molar-refractivity contribution in [3.05, 3.63) is 125 Å². The molecule has 0 spiro atoms. The van der Waals surface area contributed by atoms with Gasteiger partial charge in [-0.3, -0.25) is 0 Å². The van der Waals surface area contributed by atoms with Gasteiger partial charge < -0.3 is 14.4 Å². The minimum Gasteiger partial charge on any atom is -0.482 e. The van der Waals surface area contributed by atoms with Crippen LogP contribution in [0.2, 0.25) is 0 Å². The van der Waals surface area contributed by atoms with Crippen molar-refractivity contribution in [3.8, 4) is 5.75 Å². The third-order valence-corrected chi connectivity index (χ3v) is 6.46. The topological polar surface area (TPSA) is 72.6 Å². The molecule has 1 aliphatic rings. The fourth-order valence-electron chi connectivity index (χ4n) is 4.87. The number of rotatable bonds is 8. The van der Waals surface area contributed by atoms with Gasteiger partial charge in [-0.25, -0.2) is 4.79 Å². The molecule has 1 atom stereocenters. The highest BCUT2D eigenvalue weighted by Gasteiger charge is 2.23. The van der Waals surface area contributed by atoms with Crippen LogP contribution in [0.4, 0.5) is 0 Å². The molecule has 1 unspecified atom stereocenters. The van der Waals surface area contributed by atoms with Crippen molar-refractivity contribution in [3.63, 3.8) is 0 Å². The Morgan fingerprint density at radius 2 is 1.74 bits per heavy atom. The summed E-state index contributed by atoms with van der Waals surface area (Å²) in [5.41, 5.74) is 5.37. The highest BCUT2D eigenvalue weighted by molar-refractivity contribution is 5.68. The van der Waals surface area contributed by atoms with E-state index in [9.17, 15) is 4.79 Å². The van der Waals surface area contributed by atoms with Crippen LogP contribution >= 0.6 is 0 Å². The van der Waals surface area contributed by atoms with Crippen LogP contribution in [0.5, 0.6) is 5.75 Å². The van der Waals surface area contributed by atoms with Crippen molar-refractivity contribution < 1.29 is 19.2 Å². The Hall–Kier alpha value is -4.12. The Bertz CT molecular complexity index is 1270. The molecule has 176 valence electrons. The Morgan fingerprint density at radius 1 is 1.03 bits per heavy atom. The van der Waals surface area contributed by atoms with Crippen LogP contribution in [0.3, 0.4) is 0 Å². The molecule has 1 aromatic heterocycles. The molecule has 0 amide bonds. The van der Waals surface area contributed by atoms with Crippen LogP contribution < -0.4 is 4.74 Å². The van der Waals surface area contributed by atoms with Gasteiger partial charge in [-0.1, -0.05) is 84.0 Å². The largest absolute Gasteiger partial charge is 0.482 e. The van der Waals surface area contributed by atoms with E-state index in [1.807, 2.05) is 60.7 Å². The maximum absolute atomic E-state index is 10.9. The number of hydrogen-bond donors (Lipinski definition) is 1. The molecule has 3 aromatic carbocycles. The average Bonchev–Trinajstić information content (AvgIpc) is 3.36. The summed E-state index contributed by atoms with van der Waals surface area (Å²) in [6.45, 7) is -0.331. The van der Waals surface area contributed by atoms with Gasteiger partial charge in [0.1, 0.15) is 17.2 Å². The number of aromatic nitrogens is 1. The van der Waals surface area contributed by atoms with E-state index in [-0.39, 0.29) is 18.4 Å². The summed E-state index contributed by atoms with van der Waals surface area (Å²) in [4.78, 5) is 10.9. The first-order valence-electron chi connectivity index (χ1n) is 11.9. The number of allylic oxidation sites excluding steroid dienone is 1. The number of fused-ring (bicyclic) bond motifs is 1. The molecule has 0 radical (unpaired) electrons. The number of carboxylic acids is 1. The zero-order valence-corrected chi connectivity index (χ0v) is 19.3. The lowest BCUT2D eigenvalue weighted by atomic mass is 9.82. The first kappa shape index (κ1) is 22.7. The van der Waals surface area contributed by atoms with Crippen LogP contribution in [-0.2, 0) is 11.2 Å². The fraction of sp³-hybridized carbons (Fsp3) is 0.200. The molecule has 35 heavy (non-hydrogen) atoms. The lowest BCUT2D eigenvalue weighted by Gasteiger charge is -2.25. The van der Waals surface area contributed by atoms with Gasteiger partial charge in [0.15, 0.2) is 6.61 Å². The molecule has 0 aliphatic heterocycles. The molecular formula is C30H27NO4. The second-order valence-corrected chi connectivity index (χ2v) is 8.77.